The zero-order chi connectivity index (χ0) is 17.5. The number of amides is 2. The Morgan fingerprint density at radius 2 is 1.88 bits per heavy atom. The fourth-order valence-electron chi connectivity index (χ4n) is 1.91. The molecule has 2 rings (SSSR count). The van der Waals surface area contributed by atoms with E-state index in [9.17, 15) is 19.7 Å². The van der Waals surface area contributed by atoms with Crippen LogP contribution in [0.1, 0.15) is 15.9 Å². The van der Waals surface area contributed by atoms with E-state index in [-0.39, 0.29) is 17.9 Å². The predicted octanol–water partition coefficient (Wildman–Crippen LogP) is 1.74. The third kappa shape index (κ3) is 4.54. The molecular weight excluding hydrogens is 314 g/mol. The average Bonchev–Trinajstić information content (AvgIpc) is 2.58. The summed E-state index contributed by atoms with van der Waals surface area (Å²) in [7, 11) is 0. The molecular formula is C16H15N3O5. The van der Waals surface area contributed by atoms with Gasteiger partial charge in [0.1, 0.15) is 11.3 Å². The van der Waals surface area contributed by atoms with Crippen LogP contribution in [0.15, 0.2) is 48.5 Å². The van der Waals surface area contributed by atoms with Crippen LogP contribution in [0.4, 0.5) is 5.69 Å². The van der Waals surface area contributed by atoms with Crippen LogP contribution in [0.3, 0.4) is 0 Å². The number of hydrogen-bond donors (Lipinski definition) is 2. The SMILES string of the molecule is Cc1cccc(OCC(=O)NNC(=O)c2ccccc2[N+](=O)[O-])c1. The van der Waals surface area contributed by atoms with Gasteiger partial charge in [0.15, 0.2) is 6.61 Å². The van der Waals surface area contributed by atoms with Crippen molar-refractivity contribution in [2.75, 3.05) is 6.61 Å². The molecule has 2 amide bonds. The normalized spacial score (nSPS) is 9.88. The van der Waals surface area contributed by atoms with Crippen molar-refractivity contribution >= 4 is 17.5 Å². The van der Waals surface area contributed by atoms with Gasteiger partial charge in [0.2, 0.25) is 0 Å². The molecule has 8 heteroatoms. The van der Waals surface area contributed by atoms with E-state index in [2.05, 4.69) is 10.9 Å². The lowest BCUT2D eigenvalue weighted by Crippen LogP contribution is -2.44. The minimum Gasteiger partial charge on any atom is -0.484 e. The van der Waals surface area contributed by atoms with Gasteiger partial charge >= 0.3 is 0 Å². The molecule has 0 radical (unpaired) electrons. The molecule has 0 aliphatic rings. The molecule has 24 heavy (non-hydrogen) atoms. The Morgan fingerprint density at radius 3 is 2.58 bits per heavy atom. The number of rotatable bonds is 5. The monoisotopic (exact) mass is 329 g/mol. The molecule has 0 aliphatic heterocycles. The second kappa shape index (κ2) is 7.73. The van der Waals surface area contributed by atoms with Crippen molar-refractivity contribution in [3.63, 3.8) is 0 Å². The minimum atomic E-state index is -0.786. The number of hydrogen-bond acceptors (Lipinski definition) is 5. The zero-order valence-corrected chi connectivity index (χ0v) is 12.8. The summed E-state index contributed by atoms with van der Waals surface area (Å²) in [6.07, 6.45) is 0. The Kier molecular flexibility index (Phi) is 5.45. The Bertz CT molecular complexity index is 776. The van der Waals surface area contributed by atoms with Gasteiger partial charge in [-0.05, 0) is 30.7 Å². The van der Waals surface area contributed by atoms with E-state index in [4.69, 9.17) is 4.74 Å². The molecule has 0 atom stereocenters. The number of nitro groups is 1. The van der Waals surface area contributed by atoms with E-state index in [1.54, 1.807) is 18.2 Å². The van der Waals surface area contributed by atoms with Gasteiger partial charge in [-0.1, -0.05) is 24.3 Å². The summed E-state index contributed by atoms with van der Waals surface area (Å²) >= 11 is 0. The van der Waals surface area contributed by atoms with Crippen LogP contribution in [-0.2, 0) is 4.79 Å². The fourth-order valence-corrected chi connectivity index (χ4v) is 1.91. The van der Waals surface area contributed by atoms with E-state index >= 15 is 0 Å². The number of para-hydroxylation sites is 1. The number of ether oxygens (including phenoxy) is 1. The van der Waals surface area contributed by atoms with Crippen LogP contribution in [0.25, 0.3) is 0 Å². The van der Waals surface area contributed by atoms with Crippen molar-refractivity contribution in [1.29, 1.82) is 0 Å². The van der Waals surface area contributed by atoms with Gasteiger partial charge in [0.05, 0.1) is 4.92 Å². The second-order valence-electron chi connectivity index (χ2n) is 4.88. The lowest BCUT2D eigenvalue weighted by atomic mass is 10.2. The predicted molar refractivity (Wildman–Crippen MR) is 85.4 cm³/mol. The number of benzene rings is 2. The van der Waals surface area contributed by atoms with E-state index in [0.717, 1.165) is 5.56 Å². The number of nitrogens with zero attached hydrogens (tertiary/aromatic N) is 1. The highest BCUT2D eigenvalue weighted by molar-refractivity contribution is 5.99. The molecule has 2 N–H and O–H groups in total. The van der Waals surface area contributed by atoms with Gasteiger partial charge in [-0.15, -0.1) is 0 Å². The summed E-state index contributed by atoms with van der Waals surface area (Å²) in [5.74, 6) is -0.857. The molecule has 0 heterocycles. The van der Waals surface area contributed by atoms with Crippen LogP contribution in [0, 0.1) is 17.0 Å². The molecule has 0 saturated heterocycles. The first-order chi connectivity index (χ1) is 11.5. The number of carbonyl (C=O) groups is 2. The molecule has 124 valence electrons. The molecule has 0 saturated carbocycles. The smallest absolute Gasteiger partial charge is 0.282 e. The minimum absolute atomic E-state index is 0.151. The fraction of sp³-hybridized carbons (Fsp3) is 0.125. The molecule has 0 aliphatic carbocycles. The Hall–Kier alpha value is -3.42. The van der Waals surface area contributed by atoms with Gasteiger partial charge in [0, 0.05) is 6.07 Å². The highest BCUT2D eigenvalue weighted by atomic mass is 16.6. The Balaban J connectivity index is 1.88. The molecule has 0 aromatic heterocycles. The van der Waals surface area contributed by atoms with E-state index in [1.807, 2.05) is 13.0 Å². The lowest BCUT2D eigenvalue weighted by molar-refractivity contribution is -0.385. The Morgan fingerprint density at radius 1 is 1.12 bits per heavy atom. The third-order valence-corrected chi connectivity index (χ3v) is 3.02. The van der Waals surface area contributed by atoms with Crippen molar-refractivity contribution in [3.8, 4) is 5.75 Å². The van der Waals surface area contributed by atoms with E-state index < -0.39 is 16.7 Å². The summed E-state index contributed by atoms with van der Waals surface area (Å²) in [4.78, 5) is 33.8. The first-order valence-electron chi connectivity index (χ1n) is 6.99. The van der Waals surface area contributed by atoms with Crippen LogP contribution in [-0.4, -0.2) is 23.3 Å². The molecule has 0 unspecified atom stereocenters. The van der Waals surface area contributed by atoms with Crippen molar-refractivity contribution in [3.05, 3.63) is 69.8 Å². The van der Waals surface area contributed by atoms with E-state index in [1.165, 1.54) is 24.3 Å². The number of carbonyl (C=O) groups excluding carboxylic acids is 2. The van der Waals surface area contributed by atoms with E-state index in [0.29, 0.717) is 5.75 Å². The third-order valence-electron chi connectivity index (χ3n) is 3.02. The van der Waals surface area contributed by atoms with Crippen molar-refractivity contribution in [1.82, 2.24) is 10.9 Å². The number of aryl methyl sites for hydroxylation is 1. The lowest BCUT2D eigenvalue weighted by Gasteiger charge is -2.09. The van der Waals surface area contributed by atoms with Gasteiger partial charge in [-0.25, -0.2) is 0 Å². The van der Waals surface area contributed by atoms with Gasteiger partial charge in [-0.2, -0.15) is 0 Å². The topological polar surface area (TPSA) is 111 Å². The standard InChI is InChI=1S/C16H15N3O5/c1-11-5-4-6-12(9-11)24-10-15(20)17-18-16(21)13-7-2-3-8-14(13)19(22)23/h2-9H,10H2,1H3,(H,17,20)(H,18,21). The summed E-state index contributed by atoms with van der Waals surface area (Å²) in [6.45, 7) is 1.58. The van der Waals surface area contributed by atoms with Crippen LogP contribution in [0.5, 0.6) is 5.75 Å². The van der Waals surface area contributed by atoms with Gasteiger partial charge < -0.3 is 4.74 Å². The van der Waals surface area contributed by atoms with Crippen LogP contribution >= 0.6 is 0 Å². The zero-order valence-electron chi connectivity index (χ0n) is 12.8. The molecule has 8 nitrogen and oxygen atoms in total. The maximum atomic E-state index is 11.9. The van der Waals surface area contributed by atoms with Crippen molar-refractivity contribution in [2.45, 2.75) is 6.92 Å². The van der Waals surface area contributed by atoms with Crippen molar-refractivity contribution < 1.29 is 19.2 Å². The summed E-state index contributed by atoms with van der Waals surface area (Å²) in [6, 6.07) is 12.6. The van der Waals surface area contributed by atoms with Crippen LogP contribution < -0.4 is 15.6 Å². The highest BCUT2D eigenvalue weighted by Crippen LogP contribution is 2.17. The summed E-state index contributed by atoms with van der Waals surface area (Å²) in [5.41, 5.74) is 4.75. The summed E-state index contributed by atoms with van der Waals surface area (Å²) in [5, 5.41) is 10.9. The Labute approximate surface area is 137 Å². The maximum Gasteiger partial charge on any atom is 0.282 e. The quantitative estimate of drug-likeness (QED) is 0.641. The summed E-state index contributed by atoms with van der Waals surface area (Å²) < 4.78 is 5.28. The number of hydrazine groups is 1. The van der Waals surface area contributed by atoms with Gasteiger partial charge in [0.25, 0.3) is 17.5 Å². The van der Waals surface area contributed by atoms with Crippen molar-refractivity contribution in [2.24, 2.45) is 0 Å². The number of nitro benzene ring substituents is 1. The maximum absolute atomic E-state index is 11.9. The molecule has 0 bridgehead atoms. The average molecular weight is 329 g/mol. The highest BCUT2D eigenvalue weighted by Gasteiger charge is 2.19. The van der Waals surface area contributed by atoms with Gasteiger partial charge in [-0.3, -0.25) is 30.6 Å². The molecule has 2 aromatic carbocycles. The first-order valence-corrected chi connectivity index (χ1v) is 6.99. The molecule has 0 fully saturated rings. The second-order valence-corrected chi connectivity index (χ2v) is 4.88. The number of nitrogens with one attached hydrogen (secondary N) is 2. The molecule has 2 aromatic rings. The first kappa shape index (κ1) is 16.9. The van der Waals surface area contributed by atoms with Crippen LogP contribution in [0.2, 0.25) is 0 Å². The largest absolute Gasteiger partial charge is 0.484 e. The molecule has 0 spiro atoms.